The van der Waals surface area contributed by atoms with E-state index in [1.807, 2.05) is 13.8 Å². The Labute approximate surface area is 211 Å². The van der Waals surface area contributed by atoms with E-state index in [0.29, 0.717) is 35.1 Å². The van der Waals surface area contributed by atoms with E-state index in [1.165, 1.54) is 6.42 Å². The standard InChI is InChI=1S/C26H32N4O4S/c1-17(2)16-34-22-10-6-9-20(15-22)24(32)28-26(35)30-29-25(33)19-11-13-21(14-12-19)27-23(31)18-7-4-3-5-8-18/h6,9-15,17-18H,3-5,7-8,16H2,1-2H3,(H,27,31)(H,29,33)(H2,28,30,32,35). The van der Waals surface area contributed by atoms with Crippen molar-refractivity contribution in [3.05, 3.63) is 59.7 Å². The van der Waals surface area contributed by atoms with Gasteiger partial charge in [0.05, 0.1) is 6.61 Å². The van der Waals surface area contributed by atoms with Gasteiger partial charge >= 0.3 is 0 Å². The monoisotopic (exact) mass is 496 g/mol. The maximum atomic E-state index is 12.5. The van der Waals surface area contributed by atoms with Gasteiger partial charge in [0.25, 0.3) is 11.8 Å². The first-order chi connectivity index (χ1) is 16.8. The number of hydrogen-bond acceptors (Lipinski definition) is 5. The van der Waals surface area contributed by atoms with E-state index in [4.69, 9.17) is 17.0 Å². The Bertz CT molecular complexity index is 1050. The number of nitrogens with one attached hydrogen (secondary N) is 4. The highest BCUT2D eigenvalue weighted by atomic mass is 32.1. The van der Waals surface area contributed by atoms with Gasteiger partial charge in [-0.25, -0.2) is 0 Å². The molecule has 9 heteroatoms. The van der Waals surface area contributed by atoms with Crippen LogP contribution in [0.4, 0.5) is 5.69 Å². The molecule has 0 atom stereocenters. The first-order valence-electron chi connectivity index (χ1n) is 11.9. The van der Waals surface area contributed by atoms with Crippen molar-refractivity contribution in [1.29, 1.82) is 0 Å². The van der Waals surface area contributed by atoms with Gasteiger partial charge in [0, 0.05) is 22.7 Å². The Morgan fingerprint density at radius 3 is 2.34 bits per heavy atom. The van der Waals surface area contributed by atoms with E-state index in [1.54, 1.807) is 48.5 Å². The summed E-state index contributed by atoms with van der Waals surface area (Å²) in [6, 6.07) is 13.4. The fourth-order valence-electron chi connectivity index (χ4n) is 3.70. The summed E-state index contributed by atoms with van der Waals surface area (Å²) in [7, 11) is 0. The minimum Gasteiger partial charge on any atom is -0.493 e. The average Bonchev–Trinajstić information content (AvgIpc) is 2.87. The maximum absolute atomic E-state index is 12.5. The van der Waals surface area contributed by atoms with Gasteiger partial charge in [-0.15, -0.1) is 0 Å². The zero-order valence-electron chi connectivity index (χ0n) is 20.1. The molecule has 3 rings (SSSR count). The fraction of sp³-hybridized carbons (Fsp3) is 0.385. The fourth-order valence-corrected chi connectivity index (χ4v) is 3.84. The molecule has 0 unspecified atom stereocenters. The molecule has 0 saturated heterocycles. The van der Waals surface area contributed by atoms with Gasteiger partial charge < -0.3 is 10.1 Å². The van der Waals surface area contributed by atoms with Gasteiger partial charge in [0.2, 0.25) is 5.91 Å². The Balaban J connectivity index is 1.45. The molecular formula is C26H32N4O4S. The molecule has 0 radical (unpaired) electrons. The lowest BCUT2D eigenvalue weighted by Crippen LogP contribution is -2.48. The first-order valence-corrected chi connectivity index (χ1v) is 12.3. The molecule has 3 amide bonds. The van der Waals surface area contributed by atoms with Crippen molar-refractivity contribution < 1.29 is 19.1 Å². The van der Waals surface area contributed by atoms with E-state index in [-0.39, 0.29) is 16.9 Å². The summed E-state index contributed by atoms with van der Waals surface area (Å²) in [5, 5.41) is 5.39. The van der Waals surface area contributed by atoms with Gasteiger partial charge in [-0.2, -0.15) is 0 Å². The number of thiocarbonyl (C=S) groups is 1. The van der Waals surface area contributed by atoms with E-state index < -0.39 is 11.8 Å². The third-order valence-electron chi connectivity index (χ3n) is 5.59. The van der Waals surface area contributed by atoms with Crippen LogP contribution in [0.5, 0.6) is 5.75 Å². The van der Waals surface area contributed by atoms with Crippen LogP contribution in [0.25, 0.3) is 0 Å². The SMILES string of the molecule is CC(C)COc1cccc(C(=O)NC(=S)NNC(=O)c2ccc(NC(=O)C3CCCCC3)cc2)c1. The van der Waals surface area contributed by atoms with Crippen LogP contribution in [0.2, 0.25) is 0 Å². The number of ether oxygens (including phenoxy) is 1. The molecule has 0 heterocycles. The number of benzene rings is 2. The highest BCUT2D eigenvalue weighted by molar-refractivity contribution is 7.80. The summed E-state index contributed by atoms with van der Waals surface area (Å²) < 4.78 is 5.64. The predicted octanol–water partition coefficient (Wildman–Crippen LogP) is 4.19. The average molecular weight is 497 g/mol. The van der Waals surface area contributed by atoms with E-state index in [2.05, 4.69) is 21.5 Å². The summed E-state index contributed by atoms with van der Waals surface area (Å²) in [6.45, 7) is 4.63. The Kier molecular flexibility index (Phi) is 9.60. The van der Waals surface area contributed by atoms with Crippen LogP contribution in [-0.2, 0) is 4.79 Å². The molecule has 1 aliphatic carbocycles. The van der Waals surface area contributed by atoms with Crippen LogP contribution in [0.1, 0.15) is 66.7 Å². The summed E-state index contributed by atoms with van der Waals surface area (Å²) in [5.74, 6) is 0.186. The van der Waals surface area contributed by atoms with Crippen LogP contribution in [0.15, 0.2) is 48.5 Å². The predicted molar refractivity (Wildman–Crippen MR) is 139 cm³/mol. The number of hydrazine groups is 1. The molecule has 186 valence electrons. The van der Waals surface area contributed by atoms with Crippen LogP contribution in [0, 0.1) is 11.8 Å². The van der Waals surface area contributed by atoms with E-state index >= 15 is 0 Å². The molecular weight excluding hydrogens is 464 g/mol. The number of carbonyl (C=O) groups excluding carboxylic acids is 3. The molecule has 0 aromatic heterocycles. The second kappa shape index (κ2) is 12.9. The molecule has 0 aliphatic heterocycles. The second-order valence-corrected chi connectivity index (χ2v) is 9.40. The number of anilines is 1. The summed E-state index contributed by atoms with van der Waals surface area (Å²) in [4.78, 5) is 37.2. The van der Waals surface area contributed by atoms with E-state index in [0.717, 1.165) is 25.7 Å². The molecule has 0 spiro atoms. The van der Waals surface area contributed by atoms with E-state index in [9.17, 15) is 14.4 Å². The van der Waals surface area contributed by atoms with Gasteiger partial charge in [-0.3, -0.25) is 30.6 Å². The summed E-state index contributed by atoms with van der Waals surface area (Å²) in [5.41, 5.74) is 6.38. The third-order valence-corrected chi connectivity index (χ3v) is 5.79. The van der Waals surface area contributed by atoms with Gasteiger partial charge in [0.15, 0.2) is 5.11 Å². The summed E-state index contributed by atoms with van der Waals surface area (Å²) >= 11 is 5.11. The largest absolute Gasteiger partial charge is 0.493 e. The lowest BCUT2D eigenvalue weighted by atomic mass is 9.88. The normalized spacial score (nSPS) is 13.6. The quantitative estimate of drug-likeness (QED) is 0.338. The second-order valence-electron chi connectivity index (χ2n) is 9.00. The molecule has 1 saturated carbocycles. The van der Waals surface area contributed by atoms with Gasteiger partial charge in [-0.1, -0.05) is 39.2 Å². The van der Waals surface area contributed by atoms with Crippen LogP contribution in [0.3, 0.4) is 0 Å². The van der Waals surface area contributed by atoms with Crippen LogP contribution in [-0.4, -0.2) is 29.4 Å². The topological polar surface area (TPSA) is 109 Å². The van der Waals surface area contributed by atoms with Crippen molar-refractivity contribution >= 4 is 40.7 Å². The molecule has 4 N–H and O–H groups in total. The zero-order chi connectivity index (χ0) is 25.2. The third kappa shape index (κ3) is 8.36. The minimum absolute atomic E-state index is 0.0293. The molecule has 35 heavy (non-hydrogen) atoms. The lowest BCUT2D eigenvalue weighted by Gasteiger charge is -2.20. The van der Waals surface area contributed by atoms with Crippen molar-refractivity contribution in [2.24, 2.45) is 11.8 Å². The highest BCUT2D eigenvalue weighted by Gasteiger charge is 2.21. The number of rotatable bonds is 7. The molecule has 2 aromatic rings. The maximum Gasteiger partial charge on any atom is 0.269 e. The molecule has 2 aromatic carbocycles. The Morgan fingerprint density at radius 1 is 0.943 bits per heavy atom. The van der Waals surface area contributed by atoms with Crippen molar-refractivity contribution in [1.82, 2.24) is 16.2 Å². The van der Waals surface area contributed by atoms with Crippen molar-refractivity contribution in [3.8, 4) is 5.75 Å². The minimum atomic E-state index is -0.434. The molecule has 8 nitrogen and oxygen atoms in total. The van der Waals surface area contributed by atoms with Crippen LogP contribution >= 0.6 is 12.2 Å². The number of hydrogen-bond donors (Lipinski definition) is 4. The molecule has 0 bridgehead atoms. The summed E-state index contributed by atoms with van der Waals surface area (Å²) in [6.07, 6.45) is 5.21. The zero-order valence-corrected chi connectivity index (χ0v) is 20.9. The molecule has 1 aliphatic rings. The molecule has 1 fully saturated rings. The lowest BCUT2D eigenvalue weighted by molar-refractivity contribution is -0.120. The number of amides is 3. The Morgan fingerprint density at radius 2 is 1.66 bits per heavy atom. The van der Waals surface area contributed by atoms with Crippen LogP contribution < -0.4 is 26.2 Å². The number of carbonyl (C=O) groups is 3. The highest BCUT2D eigenvalue weighted by Crippen LogP contribution is 2.25. The van der Waals surface area contributed by atoms with Crippen molar-refractivity contribution in [2.45, 2.75) is 46.0 Å². The van der Waals surface area contributed by atoms with Crippen molar-refractivity contribution in [3.63, 3.8) is 0 Å². The van der Waals surface area contributed by atoms with Crippen molar-refractivity contribution in [2.75, 3.05) is 11.9 Å². The smallest absolute Gasteiger partial charge is 0.269 e. The first kappa shape index (κ1) is 26.2. The van der Waals surface area contributed by atoms with Gasteiger partial charge in [-0.05, 0) is 73.4 Å². The van der Waals surface area contributed by atoms with Gasteiger partial charge in [0.1, 0.15) is 5.75 Å². The Hall–Kier alpha value is -3.46.